The lowest BCUT2D eigenvalue weighted by Gasteiger charge is -2.36. The van der Waals surface area contributed by atoms with Crippen molar-refractivity contribution < 1.29 is 14.3 Å². The Morgan fingerprint density at radius 1 is 1.07 bits per heavy atom. The van der Waals surface area contributed by atoms with Gasteiger partial charge in [-0.25, -0.2) is 4.98 Å². The van der Waals surface area contributed by atoms with Crippen LogP contribution in [-0.2, 0) is 5.60 Å². The Balaban J connectivity index is 1.98. The van der Waals surface area contributed by atoms with Crippen LogP contribution in [0.25, 0.3) is 10.9 Å². The molecule has 2 aromatic heterocycles. The minimum Gasteiger partial charge on any atom is -0.481 e. The van der Waals surface area contributed by atoms with Crippen molar-refractivity contribution in [3.63, 3.8) is 0 Å². The number of benzene rings is 2. The molecule has 0 spiro atoms. The number of pyridine rings is 1. The van der Waals surface area contributed by atoms with Crippen molar-refractivity contribution in [1.82, 2.24) is 10.3 Å². The number of aromatic nitrogens is 1. The Bertz CT molecular complexity index is 1100. The number of furan rings is 1. The Labute approximate surface area is 176 Å². The van der Waals surface area contributed by atoms with E-state index in [9.17, 15) is 5.11 Å². The molecular weight excluding hydrogens is 376 g/mol. The molecule has 4 aromatic rings. The highest BCUT2D eigenvalue weighted by atomic mass is 16.5. The molecule has 0 bridgehead atoms. The number of aliphatic hydroxyl groups is 1. The summed E-state index contributed by atoms with van der Waals surface area (Å²) >= 11 is 0. The average Bonchev–Trinajstić information content (AvgIpc) is 3.34. The fourth-order valence-corrected chi connectivity index (χ4v) is 4.09. The van der Waals surface area contributed by atoms with E-state index in [0.29, 0.717) is 24.6 Å². The summed E-state index contributed by atoms with van der Waals surface area (Å²) in [7, 11) is 3.49. The summed E-state index contributed by atoms with van der Waals surface area (Å²) in [6.07, 6.45) is 2.05. The van der Waals surface area contributed by atoms with Gasteiger partial charge in [-0.05, 0) is 49.8 Å². The van der Waals surface area contributed by atoms with E-state index >= 15 is 0 Å². The number of rotatable bonds is 8. The molecule has 0 aliphatic heterocycles. The Hall–Kier alpha value is -3.15. The number of hydrogen-bond donors (Lipinski definition) is 2. The van der Waals surface area contributed by atoms with Gasteiger partial charge in [0.2, 0.25) is 5.88 Å². The first kappa shape index (κ1) is 20.1. The maximum atomic E-state index is 12.1. The van der Waals surface area contributed by atoms with Gasteiger partial charge in [0.25, 0.3) is 0 Å². The van der Waals surface area contributed by atoms with Gasteiger partial charge in [-0.1, -0.05) is 48.5 Å². The number of para-hydroxylation sites is 1. The highest BCUT2D eigenvalue weighted by molar-refractivity contribution is 5.80. The zero-order valence-corrected chi connectivity index (χ0v) is 17.2. The van der Waals surface area contributed by atoms with Gasteiger partial charge in [0.05, 0.1) is 24.8 Å². The molecule has 0 fully saturated rings. The third-order valence-corrected chi connectivity index (χ3v) is 5.54. The quantitative estimate of drug-likeness (QED) is 0.455. The van der Waals surface area contributed by atoms with Gasteiger partial charge < -0.3 is 19.6 Å². The summed E-state index contributed by atoms with van der Waals surface area (Å²) in [6.45, 7) is 0.615. The fourth-order valence-electron chi connectivity index (χ4n) is 4.09. The van der Waals surface area contributed by atoms with Crippen molar-refractivity contribution in [2.24, 2.45) is 0 Å². The highest BCUT2D eigenvalue weighted by Gasteiger charge is 2.44. The third kappa shape index (κ3) is 3.70. The number of nitrogens with zero attached hydrogens (tertiary/aromatic N) is 1. The molecule has 2 aromatic carbocycles. The first-order valence-corrected chi connectivity index (χ1v) is 10.1. The number of nitrogens with one attached hydrogen (secondary N) is 1. The zero-order chi connectivity index (χ0) is 21.0. The SMILES string of the molecule is CNCCC(O)(c1ccco1)C(c1ccccc1)c1cc2ccccc2nc1OC. The maximum Gasteiger partial charge on any atom is 0.217 e. The van der Waals surface area contributed by atoms with Crippen LogP contribution in [0.5, 0.6) is 5.88 Å². The van der Waals surface area contributed by atoms with Crippen LogP contribution in [0.15, 0.2) is 83.5 Å². The van der Waals surface area contributed by atoms with Crippen LogP contribution < -0.4 is 10.1 Å². The van der Waals surface area contributed by atoms with Crippen LogP contribution in [0, 0.1) is 0 Å². The molecule has 0 radical (unpaired) electrons. The van der Waals surface area contributed by atoms with Crippen molar-refractivity contribution in [1.29, 1.82) is 0 Å². The standard InChI is InChI=1S/C25H26N2O3/c1-26-15-14-25(28,22-13-8-16-30-22)23(18-9-4-3-5-10-18)20-17-19-11-6-7-12-21(19)27-24(20)29-2/h3-13,16-17,23,26,28H,14-15H2,1-2H3. The molecule has 0 aliphatic rings. The predicted molar refractivity (Wildman–Crippen MR) is 118 cm³/mol. The molecule has 154 valence electrons. The smallest absolute Gasteiger partial charge is 0.217 e. The first-order chi connectivity index (χ1) is 14.7. The lowest BCUT2D eigenvalue weighted by molar-refractivity contribution is -0.00987. The van der Waals surface area contributed by atoms with E-state index in [1.165, 1.54) is 0 Å². The van der Waals surface area contributed by atoms with Gasteiger partial charge in [0.15, 0.2) is 0 Å². The van der Waals surface area contributed by atoms with E-state index in [0.717, 1.165) is 22.0 Å². The topological polar surface area (TPSA) is 67.5 Å². The summed E-state index contributed by atoms with van der Waals surface area (Å²) in [5.41, 5.74) is 1.33. The van der Waals surface area contributed by atoms with Crippen molar-refractivity contribution in [3.8, 4) is 5.88 Å². The number of methoxy groups -OCH3 is 1. The van der Waals surface area contributed by atoms with Gasteiger partial charge in [0, 0.05) is 10.9 Å². The normalized spacial score (nSPS) is 14.4. The van der Waals surface area contributed by atoms with Gasteiger partial charge in [-0.15, -0.1) is 0 Å². The largest absolute Gasteiger partial charge is 0.481 e. The summed E-state index contributed by atoms with van der Waals surface area (Å²) in [5.74, 6) is 0.573. The van der Waals surface area contributed by atoms with E-state index in [1.807, 2.05) is 67.7 Å². The molecule has 0 aliphatic carbocycles. The predicted octanol–water partition coefficient (Wildman–Crippen LogP) is 4.47. The minimum absolute atomic E-state index is 0.440. The van der Waals surface area contributed by atoms with Crippen molar-refractivity contribution in [2.75, 3.05) is 20.7 Å². The molecule has 0 amide bonds. The van der Waals surface area contributed by atoms with Gasteiger partial charge in [-0.3, -0.25) is 0 Å². The van der Waals surface area contributed by atoms with Crippen molar-refractivity contribution >= 4 is 10.9 Å². The Kier molecular flexibility index (Phi) is 5.84. The lowest BCUT2D eigenvalue weighted by atomic mass is 9.74. The molecule has 0 saturated carbocycles. The molecule has 30 heavy (non-hydrogen) atoms. The number of fused-ring (bicyclic) bond motifs is 1. The molecule has 5 heteroatoms. The summed E-state index contributed by atoms with van der Waals surface area (Å²) in [6, 6.07) is 23.6. The van der Waals surface area contributed by atoms with E-state index in [2.05, 4.69) is 11.4 Å². The average molecular weight is 402 g/mol. The minimum atomic E-state index is -1.30. The maximum absolute atomic E-state index is 12.1. The monoisotopic (exact) mass is 402 g/mol. The van der Waals surface area contributed by atoms with Gasteiger partial charge >= 0.3 is 0 Å². The second kappa shape index (κ2) is 8.69. The molecule has 2 atom stereocenters. The molecule has 2 N–H and O–H groups in total. The zero-order valence-electron chi connectivity index (χ0n) is 17.2. The van der Waals surface area contributed by atoms with Gasteiger partial charge in [0.1, 0.15) is 11.4 Å². The summed E-state index contributed by atoms with van der Waals surface area (Å²) in [4.78, 5) is 4.74. The van der Waals surface area contributed by atoms with Crippen molar-refractivity contribution in [2.45, 2.75) is 17.9 Å². The van der Waals surface area contributed by atoms with E-state index in [4.69, 9.17) is 14.1 Å². The summed E-state index contributed by atoms with van der Waals surface area (Å²) < 4.78 is 11.4. The fraction of sp³-hybridized carbons (Fsp3) is 0.240. The highest BCUT2D eigenvalue weighted by Crippen LogP contribution is 2.47. The summed E-state index contributed by atoms with van der Waals surface area (Å²) in [5, 5.41) is 16.3. The Morgan fingerprint density at radius 2 is 1.83 bits per heavy atom. The second-order valence-electron chi connectivity index (χ2n) is 7.38. The van der Waals surface area contributed by atoms with Crippen molar-refractivity contribution in [3.05, 3.63) is 95.9 Å². The van der Waals surface area contributed by atoms with E-state index in [1.54, 1.807) is 19.4 Å². The van der Waals surface area contributed by atoms with E-state index in [-0.39, 0.29) is 0 Å². The third-order valence-electron chi connectivity index (χ3n) is 5.54. The van der Waals surface area contributed by atoms with Crippen LogP contribution in [0.4, 0.5) is 0 Å². The van der Waals surface area contributed by atoms with Crippen LogP contribution in [0.3, 0.4) is 0 Å². The van der Waals surface area contributed by atoms with E-state index < -0.39 is 11.5 Å². The van der Waals surface area contributed by atoms with Crippen LogP contribution in [-0.4, -0.2) is 30.8 Å². The Morgan fingerprint density at radius 3 is 2.53 bits per heavy atom. The molecule has 0 saturated heterocycles. The molecule has 2 unspecified atom stereocenters. The van der Waals surface area contributed by atoms with Crippen LogP contribution >= 0.6 is 0 Å². The lowest BCUT2D eigenvalue weighted by Crippen LogP contribution is -2.37. The van der Waals surface area contributed by atoms with Gasteiger partial charge in [-0.2, -0.15) is 0 Å². The molecular formula is C25H26N2O3. The number of ether oxygens (including phenoxy) is 1. The first-order valence-electron chi connectivity index (χ1n) is 10.1. The molecule has 5 nitrogen and oxygen atoms in total. The second-order valence-corrected chi connectivity index (χ2v) is 7.38. The molecule has 4 rings (SSSR count). The molecule has 2 heterocycles. The van der Waals surface area contributed by atoms with Crippen LogP contribution in [0.1, 0.15) is 29.2 Å². The number of hydrogen-bond acceptors (Lipinski definition) is 5. The van der Waals surface area contributed by atoms with Crippen LogP contribution in [0.2, 0.25) is 0 Å².